The lowest BCUT2D eigenvalue weighted by atomic mass is 10.0. The molecule has 0 amide bonds. The Morgan fingerprint density at radius 2 is 1.79 bits per heavy atom. The van der Waals surface area contributed by atoms with Gasteiger partial charge in [-0.2, -0.15) is 0 Å². The average molecular weight is 259 g/mol. The van der Waals surface area contributed by atoms with Crippen LogP contribution in [-0.2, 0) is 0 Å². The summed E-state index contributed by atoms with van der Waals surface area (Å²) in [6.07, 6.45) is 0. The molecule has 102 valence electrons. The van der Waals surface area contributed by atoms with Gasteiger partial charge >= 0.3 is 0 Å². The van der Waals surface area contributed by atoms with Gasteiger partial charge in [-0.3, -0.25) is 0 Å². The Hall–Kier alpha value is -1.68. The summed E-state index contributed by atoms with van der Waals surface area (Å²) in [5, 5.41) is 11.5. The Bertz CT molecular complexity index is 516. The van der Waals surface area contributed by atoms with Crippen molar-refractivity contribution in [3.8, 4) is 11.5 Å². The van der Waals surface area contributed by atoms with Gasteiger partial charge in [0.05, 0.1) is 6.04 Å². The van der Waals surface area contributed by atoms with Crippen molar-refractivity contribution in [3.05, 3.63) is 35.7 Å². The Labute approximate surface area is 114 Å². The molecule has 0 saturated heterocycles. The lowest BCUT2D eigenvalue weighted by Gasteiger charge is -2.06. The fourth-order valence-electron chi connectivity index (χ4n) is 1.93. The zero-order chi connectivity index (χ0) is 13.8. The van der Waals surface area contributed by atoms with Crippen LogP contribution in [0.25, 0.3) is 11.5 Å². The molecule has 0 aliphatic rings. The summed E-state index contributed by atoms with van der Waals surface area (Å²) in [6, 6.07) is 8.37. The summed E-state index contributed by atoms with van der Waals surface area (Å²) in [5.41, 5.74) is 2.27. The molecule has 1 heterocycles. The van der Waals surface area contributed by atoms with Gasteiger partial charge in [0.2, 0.25) is 11.8 Å². The SMILES string of the molecule is CCNC(C)c1nnc(-c2ccc(C(C)C)cc2)o1. The van der Waals surface area contributed by atoms with Gasteiger partial charge in [-0.05, 0) is 37.1 Å². The van der Waals surface area contributed by atoms with E-state index in [-0.39, 0.29) is 6.04 Å². The van der Waals surface area contributed by atoms with E-state index in [4.69, 9.17) is 4.42 Å². The van der Waals surface area contributed by atoms with Crippen LogP contribution in [0.3, 0.4) is 0 Å². The van der Waals surface area contributed by atoms with Crippen LogP contribution in [0.4, 0.5) is 0 Å². The first-order valence-electron chi connectivity index (χ1n) is 6.79. The van der Waals surface area contributed by atoms with Crippen molar-refractivity contribution >= 4 is 0 Å². The number of nitrogens with zero attached hydrogens (tertiary/aromatic N) is 2. The monoisotopic (exact) mass is 259 g/mol. The smallest absolute Gasteiger partial charge is 0.247 e. The summed E-state index contributed by atoms with van der Waals surface area (Å²) in [7, 11) is 0. The molecule has 0 radical (unpaired) electrons. The first-order valence-corrected chi connectivity index (χ1v) is 6.79. The number of hydrogen-bond acceptors (Lipinski definition) is 4. The van der Waals surface area contributed by atoms with Crippen molar-refractivity contribution in [3.63, 3.8) is 0 Å². The Kier molecular flexibility index (Phi) is 4.32. The topological polar surface area (TPSA) is 51.0 Å². The van der Waals surface area contributed by atoms with E-state index in [1.54, 1.807) is 0 Å². The van der Waals surface area contributed by atoms with E-state index in [0.717, 1.165) is 12.1 Å². The van der Waals surface area contributed by atoms with Gasteiger partial charge in [-0.25, -0.2) is 0 Å². The molecule has 1 N–H and O–H groups in total. The second-order valence-corrected chi connectivity index (χ2v) is 5.00. The normalized spacial score (nSPS) is 12.9. The van der Waals surface area contributed by atoms with Crippen LogP contribution in [0, 0.1) is 0 Å². The Morgan fingerprint density at radius 1 is 1.11 bits per heavy atom. The van der Waals surface area contributed by atoms with Gasteiger partial charge in [-0.1, -0.05) is 32.9 Å². The Balaban J connectivity index is 2.18. The molecule has 0 spiro atoms. The maximum atomic E-state index is 5.70. The van der Waals surface area contributed by atoms with Gasteiger partial charge in [0.15, 0.2) is 0 Å². The molecule has 2 rings (SSSR count). The summed E-state index contributed by atoms with van der Waals surface area (Å²) < 4.78 is 5.70. The highest BCUT2D eigenvalue weighted by Crippen LogP contribution is 2.23. The quantitative estimate of drug-likeness (QED) is 0.892. The third kappa shape index (κ3) is 3.20. The maximum Gasteiger partial charge on any atom is 0.247 e. The molecule has 0 fully saturated rings. The summed E-state index contributed by atoms with van der Waals surface area (Å²) in [4.78, 5) is 0. The van der Waals surface area contributed by atoms with Crippen LogP contribution in [0.15, 0.2) is 28.7 Å². The second-order valence-electron chi connectivity index (χ2n) is 5.00. The predicted octanol–water partition coefficient (Wildman–Crippen LogP) is 3.53. The summed E-state index contributed by atoms with van der Waals surface area (Å²) in [6.45, 7) is 9.30. The Morgan fingerprint density at radius 3 is 2.37 bits per heavy atom. The van der Waals surface area contributed by atoms with Gasteiger partial charge in [0, 0.05) is 5.56 Å². The molecule has 0 bridgehead atoms. The maximum absolute atomic E-state index is 5.70. The van der Waals surface area contributed by atoms with E-state index in [1.807, 2.05) is 19.1 Å². The number of aromatic nitrogens is 2. The summed E-state index contributed by atoms with van der Waals surface area (Å²) >= 11 is 0. The molecule has 0 aliphatic heterocycles. The van der Waals surface area contributed by atoms with Crippen LogP contribution in [-0.4, -0.2) is 16.7 Å². The van der Waals surface area contributed by atoms with Crippen LogP contribution >= 0.6 is 0 Å². The highest BCUT2D eigenvalue weighted by molar-refractivity contribution is 5.53. The number of hydrogen-bond donors (Lipinski definition) is 1. The molecule has 1 unspecified atom stereocenters. The van der Waals surface area contributed by atoms with Crippen molar-refractivity contribution in [2.45, 2.75) is 39.7 Å². The van der Waals surface area contributed by atoms with E-state index >= 15 is 0 Å². The highest BCUT2D eigenvalue weighted by atomic mass is 16.4. The van der Waals surface area contributed by atoms with Crippen molar-refractivity contribution < 1.29 is 4.42 Å². The second kappa shape index (κ2) is 5.97. The van der Waals surface area contributed by atoms with Gasteiger partial charge in [-0.15, -0.1) is 10.2 Å². The molecule has 0 saturated carbocycles. The van der Waals surface area contributed by atoms with Crippen LogP contribution in [0.5, 0.6) is 0 Å². The van der Waals surface area contributed by atoms with E-state index in [9.17, 15) is 0 Å². The van der Waals surface area contributed by atoms with Crippen LogP contribution in [0.2, 0.25) is 0 Å². The van der Waals surface area contributed by atoms with Crippen molar-refractivity contribution in [1.29, 1.82) is 0 Å². The van der Waals surface area contributed by atoms with E-state index < -0.39 is 0 Å². The zero-order valence-electron chi connectivity index (χ0n) is 12.0. The molecule has 19 heavy (non-hydrogen) atoms. The third-order valence-electron chi connectivity index (χ3n) is 3.15. The number of benzene rings is 1. The number of nitrogens with one attached hydrogen (secondary N) is 1. The highest BCUT2D eigenvalue weighted by Gasteiger charge is 2.13. The average Bonchev–Trinajstić information content (AvgIpc) is 2.89. The fraction of sp³-hybridized carbons (Fsp3) is 0.467. The van der Waals surface area contributed by atoms with E-state index in [0.29, 0.717) is 17.7 Å². The van der Waals surface area contributed by atoms with Gasteiger partial charge in [0.1, 0.15) is 0 Å². The van der Waals surface area contributed by atoms with Crippen molar-refractivity contribution in [1.82, 2.24) is 15.5 Å². The molecule has 4 nitrogen and oxygen atoms in total. The molecule has 1 atom stereocenters. The lowest BCUT2D eigenvalue weighted by molar-refractivity contribution is 0.429. The van der Waals surface area contributed by atoms with E-state index in [2.05, 4.69) is 48.4 Å². The molecular weight excluding hydrogens is 238 g/mol. The van der Waals surface area contributed by atoms with Crippen LogP contribution in [0.1, 0.15) is 51.1 Å². The molecular formula is C15H21N3O. The lowest BCUT2D eigenvalue weighted by Crippen LogP contribution is -2.17. The van der Waals surface area contributed by atoms with E-state index in [1.165, 1.54) is 5.56 Å². The van der Waals surface area contributed by atoms with Crippen LogP contribution < -0.4 is 5.32 Å². The van der Waals surface area contributed by atoms with Gasteiger partial charge in [0.25, 0.3) is 0 Å². The molecule has 2 aromatic rings. The standard InChI is InChI=1S/C15H21N3O/c1-5-16-11(4)14-17-18-15(19-14)13-8-6-12(7-9-13)10(2)3/h6-11,16H,5H2,1-4H3. The fourth-order valence-corrected chi connectivity index (χ4v) is 1.93. The first kappa shape index (κ1) is 13.7. The molecule has 4 heteroatoms. The van der Waals surface area contributed by atoms with Crippen molar-refractivity contribution in [2.24, 2.45) is 0 Å². The third-order valence-corrected chi connectivity index (χ3v) is 3.15. The molecule has 1 aromatic carbocycles. The molecule has 1 aromatic heterocycles. The first-order chi connectivity index (χ1) is 9.11. The molecule has 0 aliphatic carbocycles. The summed E-state index contributed by atoms with van der Waals surface area (Å²) in [5.74, 6) is 1.74. The van der Waals surface area contributed by atoms with Crippen molar-refractivity contribution in [2.75, 3.05) is 6.54 Å². The minimum atomic E-state index is 0.0844. The van der Waals surface area contributed by atoms with Gasteiger partial charge < -0.3 is 9.73 Å². The minimum Gasteiger partial charge on any atom is -0.419 e. The zero-order valence-corrected chi connectivity index (χ0v) is 12.0. The predicted molar refractivity (Wildman–Crippen MR) is 75.9 cm³/mol. The number of rotatable bonds is 5. The largest absolute Gasteiger partial charge is 0.419 e. The minimum absolute atomic E-state index is 0.0844.